The maximum atomic E-state index is 13.4. The molecule has 0 saturated carbocycles. The van der Waals surface area contributed by atoms with Gasteiger partial charge in [0.1, 0.15) is 5.82 Å². The number of aryl methyl sites for hydroxylation is 1. The van der Waals surface area contributed by atoms with Crippen LogP contribution < -0.4 is 5.73 Å². The van der Waals surface area contributed by atoms with Crippen molar-refractivity contribution in [2.24, 2.45) is 7.05 Å². The standard InChI is InChI=1S/C19H20FN5O/c1-24-11-14(10-22-24)19(26)25-6-4-12(5-7-25)18-16(21)9-13-8-15(20)2-3-17(13)23-18/h2-3,8-12H,4-7,21H2,1H3. The second-order valence-corrected chi connectivity index (χ2v) is 6.77. The fourth-order valence-corrected chi connectivity index (χ4v) is 3.58. The average Bonchev–Trinajstić information content (AvgIpc) is 3.07. The lowest BCUT2D eigenvalue weighted by Crippen LogP contribution is -2.38. The van der Waals surface area contributed by atoms with Crippen LogP contribution >= 0.6 is 0 Å². The van der Waals surface area contributed by atoms with Crippen molar-refractivity contribution in [3.63, 3.8) is 0 Å². The molecular formula is C19H20FN5O. The third-order valence-corrected chi connectivity index (χ3v) is 4.96. The van der Waals surface area contributed by atoms with Crippen LogP contribution in [0.3, 0.4) is 0 Å². The molecule has 1 aliphatic rings. The van der Waals surface area contributed by atoms with E-state index in [-0.39, 0.29) is 17.6 Å². The molecule has 134 valence electrons. The summed E-state index contributed by atoms with van der Waals surface area (Å²) < 4.78 is 15.0. The van der Waals surface area contributed by atoms with Crippen LogP contribution in [0.4, 0.5) is 10.1 Å². The molecule has 2 aromatic heterocycles. The smallest absolute Gasteiger partial charge is 0.257 e. The van der Waals surface area contributed by atoms with E-state index in [1.54, 1.807) is 36.3 Å². The number of carbonyl (C=O) groups is 1. The summed E-state index contributed by atoms with van der Waals surface area (Å²) in [6, 6.07) is 6.31. The van der Waals surface area contributed by atoms with E-state index in [4.69, 9.17) is 5.73 Å². The zero-order chi connectivity index (χ0) is 18.3. The lowest BCUT2D eigenvalue weighted by molar-refractivity contribution is 0.0712. The number of nitrogens with two attached hydrogens (primary N) is 1. The molecule has 3 aromatic rings. The third kappa shape index (κ3) is 3.00. The van der Waals surface area contributed by atoms with E-state index >= 15 is 0 Å². The van der Waals surface area contributed by atoms with E-state index in [0.29, 0.717) is 29.7 Å². The molecule has 2 N–H and O–H groups in total. The van der Waals surface area contributed by atoms with Crippen LogP contribution in [0.15, 0.2) is 36.7 Å². The zero-order valence-corrected chi connectivity index (χ0v) is 14.5. The molecule has 0 spiro atoms. The summed E-state index contributed by atoms with van der Waals surface area (Å²) in [5, 5.41) is 4.76. The zero-order valence-electron chi connectivity index (χ0n) is 14.5. The predicted molar refractivity (Wildman–Crippen MR) is 97.2 cm³/mol. The Morgan fingerprint density at radius 1 is 1.27 bits per heavy atom. The minimum atomic E-state index is -0.298. The van der Waals surface area contributed by atoms with Gasteiger partial charge in [-0.2, -0.15) is 5.10 Å². The van der Waals surface area contributed by atoms with Crippen LogP contribution in [-0.4, -0.2) is 38.7 Å². The molecule has 0 radical (unpaired) electrons. The third-order valence-electron chi connectivity index (χ3n) is 4.96. The van der Waals surface area contributed by atoms with Gasteiger partial charge in [0.15, 0.2) is 0 Å². The van der Waals surface area contributed by atoms with E-state index in [0.717, 1.165) is 24.1 Å². The first-order chi connectivity index (χ1) is 12.5. The molecule has 1 fully saturated rings. The summed E-state index contributed by atoms with van der Waals surface area (Å²) >= 11 is 0. The van der Waals surface area contributed by atoms with Crippen LogP contribution in [0.1, 0.15) is 34.8 Å². The number of halogens is 1. The highest BCUT2D eigenvalue weighted by Crippen LogP contribution is 2.32. The number of amides is 1. The molecule has 7 heteroatoms. The summed E-state index contributed by atoms with van der Waals surface area (Å²) in [7, 11) is 1.79. The first-order valence-electron chi connectivity index (χ1n) is 8.65. The van der Waals surface area contributed by atoms with Crippen molar-refractivity contribution in [3.05, 3.63) is 53.7 Å². The molecule has 1 saturated heterocycles. The fraction of sp³-hybridized carbons (Fsp3) is 0.316. The number of nitrogens with zero attached hydrogens (tertiary/aromatic N) is 4. The largest absolute Gasteiger partial charge is 0.397 e. The minimum absolute atomic E-state index is 0.00599. The molecule has 6 nitrogen and oxygen atoms in total. The second-order valence-electron chi connectivity index (χ2n) is 6.77. The number of anilines is 1. The van der Waals surface area contributed by atoms with Crippen molar-refractivity contribution in [1.82, 2.24) is 19.7 Å². The van der Waals surface area contributed by atoms with Gasteiger partial charge in [-0.25, -0.2) is 4.39 Å². The lowest BCUT2D eigenvalue weighted by Gasteiger charge is -2.32. The van der Waals surface area contributed by atoms with Crippen molar-refractivity contribution in [2.45, 2.75) is 18.8 Å². The number of nitrogen functional groups attached to an aromatic ring is 1. The topological polar surface area (TPSA) is 77.0 Å². The van der Waals surface area contributed by atoms with Crippen molar-refractivity contribution < 1.29 is 9.18 Å². The quantitative estimate of drug-likeness (QED) is 0.768. The molecule has 26 heavy (non-hydrogen) atoms. The average molecular weight is 353 g/mol. The summed E-state index contributed by atoms with van der Waals surface area (Å²) in [5.41, 5.74) is 8.96. The molecule has 0 atom stereocenters. The molecule has 0 unspecified atom stereocenters. The van der Waals surface area contributed by atoms with Gasteiger partial charge in [0.25, 0.3) is 5.91 Å². The lowest BCUT2D eigenvalue weighted by atomic mass is 9.91. The molecule has 1 aliphatic heterocycles. The molecule has 0 aliphatic carbocycles. The summed E-state index contributed by atoms with van der Waals surface area (Å²) in [6.07, 6.45) is 4.93. The predicted octanol–water partition coefficient (Wildman–Crippen LogP) is 2.71. The van der Waals surface area contributed by atoms with Gasteiger partial charge < -0.3 is 10.6 Å². The molecule has 3 heterocycles. The van der Waals surface area contributed by atoms with Gasteiger partial charge in [0, 0.05) is 37.6 Å². The monoisotopic (exact) mass is 353 g/mol. The summed E-state index contributed by atoms with van der Waals surface area (Å²) in [5.74, 6) is -0.0949. The van der Waals surface area contributed by atoms with E-state index in [1.165, 1.54) is 12.1 Å². The molecule has 0 bridgehead atoms. The number of piperidine rings is 1. The van der Waals surface area contributed by atoms with Gasteiger partial charge >= 0.3 is 0 Å². The number of carbonyl (C=O) groups excluding carboxylic acids is 1. The minimum Gasteiger partial charge on any atom is -0.397 e. The van der Waals surface area contributed by atoms with E-state index in [2.05, 4.69) is 10.1 Å². The van der Waals surface area contributed by atoms with Crippen molar-refractivity contribution >= 4 is 22.5 Å². The summed E-state index contributed by atoms with van der Waals surface area (Å²) in [4.78, 5) is 19.0. The van der Waals surface area contributed by atoms with Gasteiger partial charge in [-0.1, -0.05) is 0 Å². The Kier molecular flexibility index (Phi) is 4.06. The number of likely N-dealkylation sites (tertiary alicyclic amines) is 1. The number of pyridine rings is 1. The first kappa shape index (κ1) is 16.5. The van der Waals surface area contributed by atoms with Crippen LogP contribution in [-0.2, 0) is 7.05 Å². The number of aromatic nitrogens is 3. The van der Waals surface area contributed by atoms with Crippen molar-refractivity contribution in [2.75, 3.05) is 18.8 Å². The number of hydrogen-bond donors (Lipinski definition) is 1. The number of fused-ring (bicyclic) bond motifs is 1. The van der Waals surface area contributed by atoms with Gasteiger partial charge in [0.2, 0.25) is 0 Å². The van der Waals surface area contributed by atoms with Gasteiger partial charge in [-0.15, -0.1) is 0 Å². The molecular weight excluding hydrogens is 333 g/mol. The maximum absolute atomic E-state index is 13.4. The highest BCUT2D eigenvalue weighted by Gasteiger charge is 2.27. The number of benzene rings is 1. The van der Waals surface area contributed by atoms with Crippen molar-refractivity contribution in [3.8, 4) is 0 Å². The Bertz CT molecular complexity index is 975. The van der Waals surface area contributed by atoms with Crippen molar-refractivity contribution in [1.29, 1.82) is 0 Å². The first-order valence-corrected chi connectivity index (χ1v) is 8.65. The van der Waals surface area contributed by atoms with Gasteiger partial charge in [0.05, 0.1) is 28.7 Å². The number of rotatable bonds is 2. The Morgan fingerprint density at radius 3 is 2.73 bits per heavy atom. The Labute approximate surface area is 150 Å². The Hall–Kier alpha value is -2.96. The second kappa shape index (κ2) is 6.40. The normalized spacial score (nSPS) is 15.5. The highest BCUT2D eigenvalue weighted by atomic mass is 19.1. The Balaban J connectivity index is 1.51. The summed E-state index contributed by atoms with van der Waals surface area (Å²) in [6.45, 7) is 1.31. The van der Waals surface area contributed by atoms with Crippen LogP contribution in [0.25, 0.3) is 10.9 Å². The van der Waals surface area contributed by atoms with Crippen LogP contribution in [0.5, 0.6) is 0 Å². The van der Waals surface area contributed by atoms with E-state index < -0.39 is 0 Å². The molecule has 1 amide bonds. The van der Waals surface area contributed by atoms with Crippen LogP contribution in [0, 0.1) is 5.82 Å². The highest BCUT2D eigenvalue weighted by molar-refractivity contribution is 5.93. The Morgan fingerprint density at radius 2 is 2.04 bits per heavy atom. The molecule has 1 aromatic carbocycles. The maximum Gasteiger partial charge on any atom is 0.257 e. The fourth-order valence-electron chi connectivity index (χ4n) is 3.58. The SMILES string of the molecule is Cn1cc(C(=O)N2CCC(c3nc4ccc(F)cc4cc3N)CC2)cn1. The number of hydrogen-bond acceptors (Lipinski definition) is 4. The van der Waals surface area contributed by atoms with E-state index in [9.17, 15) is 9.18 Å². The molecule has 4 rings (SSSR count). The van der Waals surface area contributed by atoms with E-state index in [1.807, 2.05) is 4.90 Å². The van der Waals surface area contributed by atoms with Gasteiger partial charge in [-0.05, 0) is 37.1 Å². The van der Waals surface area contributed by atoms with Crippen LogP contribution in [0.2, 0.25) is 0 Å². The van der Waals surface area contributed by atoms with Gasteiger partial charge in [-0.3, -0.25) is 14.5 Å².